The minimum Gasteiger partial charge on any atom is -0.0616 e. The van der Waals surface area contributed by atoms with Crippen molar-refractivity contribution in [3.8, 4) is 11.1 Å². The van der Waals surface area contributed by atoms with Crippen molar-refractivity contribution in [1.82, 2.24) is 0 Å². The van der Waals surface area contributed by atoms with Gasteiger partial charge >= 0.3 is 0 Å². The van der Waals surface area contributed by atoms with Crippen LogP contribution in [0.4, 0.5) is 0 Å². The van der Waals surface area contributed by atoms with Gasteiger partial charge in [-0.25, -0.2) is 0 Å². The molecule has 7 rings (SSSR count). The highest BCUT2D eigenvalue weighted by atomic mass is 28.3. The van der Waals surface area contributed by atoms with E-state index in [1.54, 1.807) is 10.4 Å². The maximum absolute atomic E-state index is 2.52. The average Bonchev–Trinajstić information content (AvgIpc) is 3.05. The summed E-state index contributed by atoms with van der Waals surface area (Å²) in [5.41, 5.74) is 2.98. The number of hydrogen-bond acceptors (Lipinski definition) is 0. The molecule has 0 radical (unpaired) electrons. The Hall–Kier alpha value is -3.42. The fraction of sp³-hybridized carbons (Fsp3) is 0.0667. The van der Waals surface area contributed by atoms with Crippen LogP contribution in [0.15, 0.2) is 97.1 Å². The molecule has 0 saturated carbocycles. The van der Waals surface area contributed by atoms with Gasteiger partial charge in [-0.3, -0.25) is 0 Å². The summed E-state index contributed by atoms with van der Waals surface area (Å²) >= 11 is 0. The number of hydrogen-bond donors (Lipinski definition) is 0. The molecule has 0 spiro atoms. The van der Waals surface area contributed by atoms with Crippen molar-refractivity contribution in [2.75, 3.05) is 0 Å². The molecule has 0 bridgehead atoms. The smallest absolute Gasteiger partial charge is 0.0616 e. The van der Waals surface area contributed by atoms with Crippen LogP contribution in [0.1, 0.15) is 0 Å². The molecule has 0 nitrogen and oxygen atoms in total. The first kappa shape index (κ1) is 17.3. The molecule has 0 unspecified atom stereocenters. The number of rotatable bonds is 0. The Bertz CT molecular complexity index is 1580. The summed E-state index contributed by atoms with van der Waals surface area (Å²) in [6, 6.07) is 36.4. The molecule has 1 aliphatic heterocycles. The molecule has 0 fully saturated rings. The standard InChI is InChI=1S/C30H22Si/c1-31(2)25-17-15-21-13-11-19-7-3-5-9-23(19)27(21)29(25)30-26(31)18-16-22-14-12-20-8-4-6-10-24(20)28(22)30/h3-18H,1-2H3. The van der Waals surface area contributed by atoms with E-state index in [-0.39, 0.29) is 0 Å². The quantitative estimate of drug-likeness (QED) is 0.185. The maximum atomic E-state index is 2.52. The lowest BCUT2D eigenvalue weighted by Crippen LogP contribution is -2.49. The van der Waals surface area contributed by atoms with E-state index < -0.39 is 8.07 Å². The van der Waals surface area contributed by atoms with Crippen LogP contribution < -0.4 is 10.4 Å². The van der Waals surface area contributed by atoms with Gasteiger partial charge in [0.15, 0.2) is 0 Å². The second kappa shape index (κ2) is 5.84. The third kappa shape index (κ3) is 2.14. The van der Waals surface area contributed by atoms with E-state index in [2.05, 4.69) is 110 Å². The molecule has 0 atom stereocenters. The molecule has 1 aliphatic rings. The second-order valence-electron chi connectivity index (χ2n) is 9.37. The van der Waals surface area contributed by atoms with Crippen LogP contribution >= 0.6 is 0 Å². The summed E-state index contributed by atoms with van der Waals surface area (Å²) in [7, 11) is -1.79. The topological polar surface area (TPSA) is 0 Å². The first-order chi connectivity index (χ1) is 15.1. The van der Waals surface area contributed by atoms with Gasteiger partial charge in [-0.2, -0.15) is 0 Å². The number of fused-ring (bicyclic) bond motifs is 11. The van der Waals surface area contributed by atoms with Crippen LogP contribution in [0.5, 0.6) is 0 Å². The Balaban J connectivity index is 1.80. The van der Waals surface area contributed by atoms with Gasteiger partial charge in [0.2, 0.25) is 0 Å². The Labute approximate surface area is 182 Å². The van der Waals surface area contributed by atoms with E-state index in [0.29, 0.717) is 0 Å². The van der Waals surface area contributed by atoms with E-state index in [1.165, 1.54) is 54.2 Å². The summed E-state index contributed by atoms with van der Waals surface area (Å²) in [6.45, 7) is 5.04. The minimum absolute atomic E-state index is 1.32. The largest absolute Gasteiger partial charge is 0.113 e. The van der Waals surface area contributed by atoms with Crippen LogP contribution in [0.2, 0.25) is 13.1 Å². The third-order valence-corrected chi connectivity index (χ3v) is 10.9. The van der Waals surface area contributed by atoms with Gasteiger partial charge < -0.3 is 0 Å². The molecule has 31 heavy (non-hydrogen) atoms. The van der Waals surface area contributed by atoms with E-state index >= 15 is 0 Å². The van der Waals surface area contributed by atoms with Crippen LogP contribution in [-0.2, 0) is 0 Å². The minimum atomic E-state index is -1.79. The number of benzene rings is 6. The summed E-state index contributed by atoms with van der Waals surface area (Å²) < 4.78 is 0. The normalized spacial score (nSPS) is 14.4. The highest BCUT2D eigenvalue weighted by molar-refractivity contribution is 7.04. The van der Waals surface area contributed by atoms with Crippen molar-refractivity contribution in [3.05, 3.63) is 97.1 Å². The van der Waals surface area contributed by atoms with Crippen molar-refractivity contribution in [1.29, 1.82) is 0 Å². The van der Waals surface area contributed by atoms with Crippen LogP contribution in [0.25, 0.3) is 54.2 Å². The molecule has 6 aromatic carbocycles. The Kier molecular flexibility index (Phi) is 3.25. The molecule has 1 heteroatoms. The fourth-order valence-electron chi connectivity index (χ4n) is 5.90. The van der Waals surface area contributed by atoms with E-state index in [1.807, 2.05) is 0 Å². The Morgan fingerprint density at radius 2 is 0.806 bits per heavy atom. The molecule has 146 valence electrons. The van der Waals surface area contributed by atoms with Crippen molar-refractivity contribution in [2.24, 2.45) is 0 Å². The first-order valence-corrected chi connectivity index (χ1v) is 14.0. The zero-order valence-corrected chi connectivity index (χ0v) is 18.7. The highest BCUT2D eigenvalue weighted by Crippen LogP contribution is 2.43. The van der Waals surface area contributed by atoms with E-state index in [9.17, 15) is 0 Å². The molecule has 0 aromatic heterocycles. The zero-order chi connectivity index (χ0) is 20.7. The van der Waals surface area contributed by atoms with Gasteiger partial charge in [0.05, 0.1) is 0 Å². The maximum Gasteiger partial charge on any atom is 0.113 e. The first-order valence-electron chi connectivity index (χ1n) is 11.0. The van der Waals surface area contributed by atoms with Crippen LogP contribution in [0, 0.1) is 0 Å². The zero-order valence-electron chi connectivity index (χ0n) is 17.7. The lowest BCUT2D eigenvalue weighted by molar-refractivity contribution is 1.76. The Morgan fingerprint density at radius 3 is 1.29 bits per heavy atom. The van der Waals surface area contributed by atoms with Gasteiger partial charge in [0, 0.05) is 0 Å². The molecule has 0 aliphatic carbocycles. The van der Waals surface area contributed by atoms with Crippen molar-refractivity contribution >= 4 is 61.5 Å². The van der Waals surface area contributed by atoms with Crippen LogP contribution in [-0.4, -0.2) is 8.07 Å². The van der Waals surface area contributed by atoms with Gasteiger partial charge in [-0.1, -0.05) is 110 Å². The van der Waals surface area contributed by atoms with Crippen molar-refractivity contribution < 1.29 is 0 Å². The van der Waals surface area contributed by atoms with E-state index in [4.69, 9.17) is 0 Å². The fourth-order valence-corrected chi connectivity index (χ4v) is 8.94. The lowest BCUT2D eigenvalue weighted by atomic mass is 9.89. The molecular weight excluding hydrogens is 388 g/mol. The summed E-state index contributed by atoms with van der Waals surface area (Å²) in [5.74, 6) is 0. The lowest BCUT2D eigenvalue weighted by Gasteiger charge is -2.19. The monoisotopic (exact) mass is 410 g/mol. The third-order valence-electron chi connectivity index (χ3n) is 7.42. The molecule has 0 amide bonds. The molecule has 1 heterocycles. The molecule has 6 aromatic rings. The summed E-state index contributed by atoms with van der Waals surface area (Å²) in [5, 5.41) is 14.1. The summed E-state index contributed by atoms with van der Waals surface area (Å²) in [6.07, 6.45) is 0. The molecule has 0 N–H and O–H groups in total. The van der Waals surface area contributed by atoms with Gasteiger partial charge in [-0.15, -0.1) is 0 Å². The van der Waals surface area contributed by atoms with Gasteiger partial charge in [-0.05, 0) is 64.6 Å². The predicted molar refractivity (Wildman–Crippen MR) is 139 cm³/mol. The van der Waals surface area contributed by atoms with E-state index in [0.717, 1.165) is 0 Å². The second-order valence-corrected chi connectivity index (χ2v) is 13.7. The van der Waals surface area contributed by atoms with Gasteiger partial charge in [0.1, 0.15) is 8.07 Å². The molecular formula is C30H22Si. The van der Waals surface area contributed by atoms with Crippen LogP contribution in [0.3, 0.4) is 0 Å². The van der Waals surface area contributed by atoms with Crippen molar-refractivity contribution in [2.45, 2.75) is 13.1 Å². The average molecular weight is 411 g/mol. The molecule has 0 saturated heterocycles. The van der Waals surface area contributed by atoms with Gasteiger partial charge in [0.25, 0.3) is 0 Å². The Morgan fingerprint density at radius 1 is 0.419 bits per heavy atom. The SMILES string of the molecule is C[Si]1(C)c2ccc3ccc4ccccc4c3c2-c2c1ccc1ccc3ccccc3c21. The highest BCUT2D eigenvalue weighted by Gasteiger charge is 2.39. The van der Waals surface area contributed by atoms with Crippen molar-refractivity contribution in [3.63, 3.8) is 0 Å². The predicted octanol–water partition coefficient (Wildman–Crippen LogP) is 7.10. The summed E-state index contributed by atoms with van der Waals surface area (Å²) in [4.78, 5) is 0.